The molecule has 3 rings (SSSR count). The van der Waals surface area contributed by atoms with Crippen LogP contribution >= 0.6 is 0 Å². The van der Waals surface area contributed by atoms with E-state index in [0.717, 1.165) is 32.1 Å². The molecule has 5 atom stereocenters. The van der Waals surface area contributed by atoms with E-state index in [1.54, 1.807) is 4.90 Å². The average molecular weight is 296 g/mol. The molecule has 2 heterocycles. The number of carboxylic acid groups (broad SMARTS) is 1. The quantitative estimate of drug-likeness (QED) is 0.808. The summed E-state index contributed by atoms with van der Waals surface area (Å²) in [4.78, 5) is 25.6. The number of aliphatic carboxylic acids is 1. The van der Waals surface area contributed by atoms with Crippen molar-refractivity contribution < 1.29 is 19.4 Å². The summed E-state index contributed by atoms with van der Waals surface area (Å²) in [6.45, 7) is 3.24. The van der Waals surface area contributed by atoms with Crippen LogP contribution in [-0.2, 0) is 9.53 Å². The third-order valence-electron chi connectivity index (χ3n) is 5.22. The molecular formula is C15H24N2O4. The Hall–Kier alpha value is -1.30. The molecular weight excluding hydrogens is 272 g/mol. The van der Waals surface area contributed by atoms with Gasteiger partial charge in [-0.2, -0.15) is 0 Å². The zero-order chi connectivity index (χ0) is 15.0. The molecule has 3 aliphatic rings. The average Bonchev–Trinajstić information content (AvgIpc) is 2.97. The second-order valence-corrected chi connectivity index (χ2v) is 6.64. The van der Waals surface area contributed by atoms with E-state index in [1.165, 1.54) is 0 Å². The summed E-state index contributed by atoms with van der Waals surface area (Å²) >= 11 is 0. The van der Waals surface area contributed by atoms with Gasteiger partial charge >= 0.3 is 12.0 Å². The molecule has 0 aromatic rings. The number of hydrogen-bond acceptors (Lipinski definition) is 3. The van der Waals surface area contributed by atoms with Gasteiger partial charge < -0.3 is 20.1 Å². The van der Waals surface area contributed by atoms with E-state index in [1.807, 2.05) is 6.92 Å². The molecule has 0 spiro atoms. The van der Waals surface area contributed by atoms with Crippen LogP contribution in [0.1, 0.15) is 39.0 Å². The highest BCUT2D eigenvalue weighted by atomic mass is 16.5. The number of likely N-dealkylation sites (tertiary alicyclic amines) is 1. The summed E-state index contributed by atoms with van der Waals surface area (Å²) in [6, 6.07) is -0.762. The van der Waals surface area contributed by atoms with Gasteiger partial charge in [-0.15, -0.1) is 0 Å². The zero-order valence-electron chi connectivity index (χ0n) is 12.5. The van der Waals surface area contributed by atoms with E-state index in [9.17, 15) is 14.7 Å². The van der Waals surface area contributed by atoms with Gasteiger partial charge in [-0.05, 0) is 44.4 Å². The van der Waals surface area contributed by atoms with Gasteiger partial charge in [0.25, 0.3) is 0 Å². The Bertz CT molecular complexity index is 428. The summed E-state index contributed by atoms with van der Waals surface area (Å²) < 4.78 is 5.48. The third kappa shape index (κ3) is 2.86. The first-order valence-corrected chi connectivity index (χ1v) is 7.98. The van der Waals surface area contributed by atoms with Crippen molar-refractivity contribution in [1.29, 1.82) is 0 Å². The lowest BCUT2D eigenvalue weighted by Crippen LogP contribution is -2.52. The molecule has 118 valence electrons. The molecule has 21 heavy (non-hydrogen) atoms. The Kier molecular flexibility index (Phi) is 4.06. The number of ether oxygens (including phenoxy) is 1. The Balaban J connectivity index is 1.64. The van der Waals surface area contributed by atoms with Crippen LogP contribution in [0.4, 0.5) is 4.79 Å². The minimum atomic E-state index is -0.861. The molecule has 6 nitrogen and oxygen atoms in total. The maximum Gasteiger partial charge on any atom is 0.326 e. The van der Waals surface area contributed by atoms with Crippen LogP contribution < -0.4 is 5.32 Å². The fourth-order valence-electron chi connectivity index (χ4n) is 4.22. The SMILES string of the molecule is CC1CC(NC(=O)N2CC3CCCC3C2C(=O)O)CCO1. The van der Waals surface area contributed by atoms with E-state index >= 15 is 0 Å². The minimum Gasteiger partial charge on any atom is -0.480 e. The van der Waals surface area contributed by atoms with Gasteiger partial charge in [-0.1, -0.05) is 6.42 Å². The standard InChI is InChI=1S/C15H24N2O4/c1-9-7-11(5-6-21-9)16-15(20)17-8-10-3-2-4-12(10)13(17)14(18)19/h9-13H,2-8H2,1H3,(H,16,20)(H,18,19). The molecule has 0 bridgehead atoms. The second-order valence-electron chi connectivity index (χ2n) is 6.64. The summed E-state index contributed by atoms with van der Waals surface area (Å²) in [5, 5.41) is 12.5. The van der Waals surface area contributed by atoms with Crippen LogP contribution in [0.2, 0.25) is 0 Å². The molecule has 0 radical (unpaired) electrons. The van der Waals surface area contributed by atoms with E-state index in [2.05, 4.69) is 5.32 Å². The summed E-state index contributed by atoms with van der Waals surface area (Å²) in [5.41, 5.74) is 0. The first-order chi connectivity index (χ1) is 10.1. The lowest BCUT2D eigenvalue weighted by atomic mass is 9.94. The molecule has 5 unspecified atom stereocenters. The van der Waals surface area contributed by atoms with Crippen molar-refractivity contribution in [3.8, 4) is 0 Å². The highest BCUT2D eigenvalue weighted by Gasteiger charge is 2.49. The van der Waals surface area contributed by atoms with Crippen LogP contribution in [0.3, 0.4) is 0 Å². The van der Waals surface area contributed by atoms with Crippen molar-refractivity contribution in [2.75, 3.05) is 13.2 Å². The lowest BCUT2D eigenvalue weighted by molar-refractivity contribution is -0.142. The highest BCUT2D eigenvalue weighted by molar-refractivity contribution is 5.84. The van der Waals surface area contributed by atoms with Crippen molar-refractivity contribution in [3.05, 3.63) is 0 Å². The van der Waals surface area contributed by atoms with Gasteiger partial charge in [0.15, 0.2) is 0 Å². The Morgan fingerprint density at radius 1 is 1.29 bits per heavy atom. The first-order valence-electron chi connectivity index (χ1n) is 7.98. The molecule has 0 aromatic heterocycles. The van der Waals surface area contributed by atoms with E-state index in [-0.39, 0.29) is 24.1 Å². The van der Waals surface area contributed by atoms with Crippen molar-refractivity contribution in [2.24, 2.45) is 11.8 Å². The molecule has 3 fully saturated rings. The van der Waals surface area contributed by atoms with Gasteiger partial charge in [-0.3, -0.25) is 0 Å². The Morgan fingerprint density at radius 2 is 2.10 bits per heavy atom. The Labute approximate surface area is 124 Å². The largest absolute Gasteiger partial charge is 0.480 e. The first kappa shape index (κ1) is 14.6. The van der Waals surface area contributed by atoms with Gasteiger partial charge in [0.05, 0.1) is 6.10 Å². The number of hydrogen-bond donors (Lipinski definition) is 2. The number of nitrogens with one attached hydrogen (secondary N) is 1. The predicted octanol–water partition coefficient (Wildman–Crippen LogP) is 1.45. The number of rotatable bonds is 2. The van der Waals surface area contributed by atoms with E-state index in [4.69, 9.17) is 4.74 Å². The smallest absolute Gasteiger partial charge is 0.326 e. The molecule has 6 heteroatoms. The fraction of sp³-hybridized carbons (Fsp3) is 0.867. The zero-order valence-corrected chi connectivity index (χ0v) is 12.5. The number of fused-ring (bicyclic) bond motifs is 1. The number of amides is 2. The Morgan fingerprint density at radius 3 is 2.81 bits per heavy atom. The summed E-state index contributed by atoms with van der Waals surface area (Å²) in [6.07, 6.45) is 4.81. The third-order valence-corrected chi connectivity index (χ3v) is 5.22. The maximum absolute atomic E-state index is 12.5. The summed E-state index contributed by atoms with van der Waals surface area (Å²) in [7, 11) is 0. The molecule has 1 aliphatic carbocycles. The lowest BCUT2D eigenvalue weighted by Gasteiger charge is -2.31. The maximum atomic E-state index is 12.5. The number of urea groups is 1. The molecule has 1 saturated carbocycles. The number of nitrogens with zero attached hydrogens (tertiary/aromatic N) is 1. The molecule has 2 N–H and O–H groups in total. The fourth-order valence-corrected chi connectivity index (χ4v) is 4.22. The van der Waals surface area contributed by atoms with Gasteiger partial charge in [0, 0.05) is 19.2 Å². The highest BCUT2D eigenvalue weighted by Crippen LogP contribution is 2.42. The van der Waals surface area contributed by atoms with E-state index < -0.39 is 12.0 Å². The summed E-state index contributed by atoms with van der Waals surface area (Å²) in [5.74, 6) is -0.354. The molecule has 2 saturated heterocycles. The molecule has 0 aromatic carbocycles. The van der Waals surface area contributed by atoms with Crippen molar-refractivity contribution in [1.82, 2.24) is 10.2 Å². The monoisotopic (exact) mass is 296 g/mol. The van der Waals surface area contributed by atoms with Crippen molar-refractivity contribution in [2.45, 2.75) is 57.2 Å². The van der Waals surface area contributed by atoms with Crippen molar-refractivity contribution >= 4 is 12.0 Å². The number of carbonyl (C=O) groups is 2. The topological polar surface area (TPSA) is 78.9 Å². The number of carbonyl (C=O) groups excluding carboxylic acids is 1. The van der Waals surface area contributed by atoms with Gasteiger partial charge in [0.1, 0.15) is 6.04 Å². The predicted molar refractivity (Wildman–Crippen MR) is 75.9 cm³/mol. The normalized spacial score (nSPS) is 39.1. The van der Waals surface area contributed by atoms with Crippen molar-refractivity contribution in [3.63, 3.8) is 0 Å². The van der Waals surface area contributed by atoms with Crippen LogP contribution in [-0.4, -0.2) is 53.3 Å². The van der Waals surface area contributed by atoms with E-state index in [0.29, 0.717) is 19.1 Å². The van der Waals surface area contributed by atoms with Crippen LogP contribution in [0.25, 0.3) is 0 Å². The minimum absolute atomic E-state index is 0.0936. The van der Waals surface area contributed by atoms with Crippen LogP contribution in [0, 0.1) is 11.8 Å². The number of carboxylic acids is 1. The molecule has 2 amide bonds. The molecule has 2 aliphatic heterocycles. The van der Waals surface area contributed by atoms with Crippen LogP contribution in [0.5, 0.6) is 0 Å². The van der Waals surface area contributed by atoms with Gasteiger partial charge in [0.2, 0.25) is 0 Å². The second kappa shape index (κ2) is 5.83. The van der Waals surface area contributed by atoms with Crippen LogP contribution in [0.15, 0.2) is 0 Å². The van der Waals surface area contributed by atoms with Gasteiger partial charge in [-0.25, -0.2) is 9.59 Å².